The highest BCUT2D eigenvalue weighted by Crippen LogP contribution is 2.22. The topological polar surface area (TPSA) is 50.4 Å². The molecule has 0 radical (unpaired) electrons. The molecule has 4 heteroatoms. The third kappa shape index (κ3) is 3.18. The molecule has 1 aliphatic heterocycles. The third-order valence-electron chi connectivity index (χ3n) is 3.03. The van der Waals surface area contributed by atoms with Crippen molar-refractivity contribution in [1.82, 2.24) is 10.6 Å². The average molecular weight is 214 g/mol. The molecule has 0 aromatic heterocycles. The minimum Gasteiger partial charge on any atom is -0.368 e. The third-order valence-corrected chi connectivity index (χ3v) is 3.03. The van der Waals surface area contributed by atoms with Crippen LogP contribution in [0.4, 0.5) is 0 Å². The van der Waals surface area contributed by atoms with E-state index in [0.29, 0.717) is 0 Å². The summed E-state index contributed by atoms with van der Waals surface area (Å²) in [6, 6.07) is 0. The van der Waals surface area contributed by atoms with Gasteiger partial charge in [-0.3, -0.25) is 4.79 Å². The first-order valence-electron chi connectivity index (χ1n) is 5.79. The van der Waals surface area contributed by atoms with E-state index in [2.05, 4.69) is 17.6 Å². The van der Waals surface area contributed by atoms with E-state index in [1.54, 1.807) is 7.11 Å². The van der Waals surface area contributed by atoms with Crippen LogP contribution in [0, 0.1) is 0 Å². The lowest BCUT2D eigenvalue weighted by molar-refractivity contribution is -0.146. The molecule has 0 unspecified atom stereocenters. The summed E-state index contributed by atoms with van der Waals surface area (Å²) in [5.41, 5.74) is -0.584. The first-order valence-corrected chi connectivity index (χ1v) is 5.79. The van der Waals surface area contributed by atoms with Crippen molar-refractivity contribution in [3.8, 4) is 0 Å². The van der Waals surface area contributed by atoms with Crippen LogP contribution in [-0.2, 0) is 9.53 Å². The first kappa shape index (κ1) is 12.5. The highest BCUT2D eigenvalue weighted by molar-refractivity contribution is 5.85. The van der Waals surface area contributed by atoms with Crippen molar-refractivity contribution in [1.29, 1.82) is 0 Å². The highest BCUT2D eigenvalue weighted by Gasteiger charge is 2.39. The molecule has 1 aliphatic rings. The Labute approximate surface area is 91.8 Å². The molecule has 0 aromatic carbocycles. The van der Waals surface area contributed by atoms with E-state index in [1.807, 2.05) is 0 Å². The maximum Gasteiger partial charge on any atom is 0.252 e. The molecule has 1 fully saturated rings. The summed E-state index contributed by atoms with van der Waals surface area (Å²) in [4.78, 5) is 12.0. The van der Waals surface area contributed by atoms with E-state index in [0.717, 1.165) is 45.3 Å². The number of carbonyl (C=O) groups excluding carboxylic acids is 1. The molecule has 0 bridgehead atoms. The van der Waals surface area contributed by atoms with Crippen molar-refractivity contribution >= 4 is 5.91 Å². The smallest absolute Gasteiger partial charge is 0.252 e. The fourth-order valence-corrected chi connectivity index (χ4v) is 1.89. The standard InChI is InChI=1S/C11H22N2O2/c1-3-4-7-13-10(14)11(15-2)5-8-12-9-6-11/h12H,3-9H2,1-2H3,(H,13,14). The molecule has 1 saturated heterocycles. The molecule has 15 heavy (non-hydrogen) atoms. The van der Waals surface area contributed by atoms with Crippen LogP contribution in [0.2, 0.25) is 0 Å². The normalized spacial score (nSPS) is 19.9. The van der Waals surface area contributed by atoms with Crippen molar-refractivity contribution in [3.05, 3.63) is 0 Å². The molecule has 0 saturated carbocycles. The molecule has 88 valence electrons. The number of ether oxygens (including phenoxy) is 1. The van der Waals surface area contributed by atoms with Crippen molar-refractivity contribution in [2.75, 3.05) is 26.7 Å². The molecular formula is C11H22N2O2. The monoisotopic (exact) mass is 214 g/mol. The maximum atomic E-state index is 12.0. The Morgan fingerprint density at radius 1 is 1.47 bits per heavy atom. The number of nitrogens with one attached hydrogen (secondary N) is 2. The molecule has 0 atom stereocenters. The van der Waals surface area contributed by atoms with E-state index in [9.17, 15) is 4.79 Å². The second-order valence-electron chi connectivity index (χ2n) is 4.06. The molecule has 1 rings (SSSR count). The summed E-state index contributed by atoms with van der Waals surface area (Å²) in [6.07, 6.45) is 3.66. The van der Waals surface area contributed by atoms with Crippen LogP contribution in [0.3, 0.4) is 0 Å². The van der Waals surface area contributed by atoms with Gasteiger partial charge >= 0.3 is 0 Å². The Balaban J connectivity index is 2.45. The van der Waals surface area contributed by atoms with Crippen LogP contribution in [0.5, 0.6) is 0 Å². The van der Waals surface area contributed by atoms with Crippen molar-refractivity contribution in [3.63, 3.8) is 0 Å². The van der Waals surface area contributed by atoms with Crippen LogP contribution in [0.25, 0.3) is 0 Å². The quantitative estimate of drug-likeness (QED) is 0.661. The van der Waals surface area contributed by atoms with E-state index in [1.165, 1.54) is 0 Å². The Morgan fingerprint density at radius 3 is 2.67 bits per heavy atom. The summed E-state index contributed by atoms with van der Waals surface area (Å²) in [5, 5.41) is 6.19. The predicted octanol–water partition coefficient (Wildman–Crippen LogP) is 0.671. The molecule has 1 heterocycles. The second-order valence-corrected chi connectivity index (χ2v) is 4.06. The SMILES string of the molecule is CCCCNC(=O)C1(OC)CCNCC1. The van der Waals surface area contributed by atoms with Crippen molar-refractivity contribution in [2.24, 2.45) is 0 Å². The van der Waals surface area contributed by atoms with Crippen LogP contribution in [0.1, 0.15) is 32.6 Å². The fraction of sp³-hybridized carbons (Fsp3) is 0.909. The van der Waals surface area contributed by atoms with E-state index in [4.69, 9.17) is 4.74 Å². The van der Waals surface area contributed by atoms with Crippen LogP contribution >= 0.6 is 0 Å². The Morgan fingerprint density at radius 2 is 2.13 bits per heavy atom. The van der Waals surface area contributed by atoms with Gasteiger partial charge in [0, 0.05) is 13.7 Å². The van der Waals surface area contributed by atoms with E-state index in [-0.39, 0.29) is 5.91 Å². The zero-order valence-electron chi connectivity index (χ0n) is 9.77. The van der Waals surface area contributed by atoms with Crippen LogP contribution in [-0.4, -0.2) is 38.3 Å². The number of unbranched alkanes of at least 4 members (excludes halogenated alkanes) is 1. The molecule has 0 aliphatic carbocycles. The largest absolute Gasteiger partial charge is 0.368 e. The number of methoxy groups -OCH3 is 1. The maximum absolute atomic E-state index is 12.0. The minimum atomic E-state index is -0.584. The van der Waals surface area contributed by atoms with E-state index < -0.39 is 5.60 Å². The van der Waals surface area contributed by atoms with Crippen LogP contribution < -0.4 is 10.6 Å². The molecule has 4 nitrogen and oxygen atoms in total. The molecular weight excluding hydrogens is 192 g/mol. The number of amides is 1. The summed E-state index contributed by atoms with van der Waals surface area (Å²) < 4.78 is 5.42. The summed E-state index contributed by atoms with van der Waals surface area (Å²) in [7, 11) is 1.63. The summed E-state index contributed by atoms with van der Waals surface area (Å²) >= 11 is 0. The van der Waals surface area contributed by atoms with Gasteiger partial charge in [-0.15, -0.1) is 0 Å². The highest BCUT2D eigenvalue weighted by atomic mass is 16.5. The lowest BCUT2D eigenvalue weighted by atomic mass is 9.91. The first-order chi connectivity index (χ1) is 7.25. The van der Waals surface area contributed by atoms with Crippen molar-refractivity contribution < 1.29 is 9.53 Å². The van der Waals surface area contributed by atoms with Gasteiger partial charge in [0.05, 0.1) is 0 Å². The molecule has 2 N–H and O–H groups in total. The lowest BCUT2D eigenvalue weighted by Gasteiger charge is -2.34. The molecule has 0 spiro atoms. The van der Waals surface area contributed by atoms with Crippen molar-refractivity contribution in [2.45, 2.75) is 38.2 Å². The van der Waals surface area contributed by atoms with Gasteiger partial charge < -0.3 is 15.4 Å². The number of piperidine rings is 1. The number of rotatable bonds is 5. The fourth-order valence-electron chi connectivity index (χ4n) is 1.89. The van der Waals surface area contributed by atoms with Gasteiger partial charge in [0.2, 0.25) is 0 Å². The predicted molar refractivity (Wildman–Crippen MR) is 59.8 cm³/mol. The average Bonchev–Trinajstić information content (AvgIpc) is 2.30. The van der Waals surface area contributed by atoms with Gasteiger partial charge in [0.25, 0.3) is 5.91 Å². The van der Waals surface area contributed by atoms with Gasteiger partial charge in [-0.25, -0.2) is 0 Å². The zero-order valence-corrected chi connectivity index (χ0v) is 9.77. The molecule has 1 amide bonds. The van der Waals surface area contributed by atoms with E-state index >= 15 is 0 Å². The Hall–Kier alpha value is -0.610. The Kier molecular flexibility index (Phi) is 5.05. The van der Waals surface area contributed by atoms with Gasteiger partial charge in [0.1, 0.15) is 5.60 Å². The molecule has 0 aromatic rings. The minimum absolute atomic E-state index is 0.0555. The number of hydrogen-bond donors (Lipinski definition) is 2. The second kappa shape index (κ2) is 6.08. The number of carbonyl (C=O) groups is 1. The summed E-state index contributed by atoms with van der Waals surface area (Å²) in [5.74, 6) is 0.0555. The van der Waals surface area contributed by atoms with Gasteiger partial charge in [-0.2, -0.15) is 0 Å². The van der Waals surface area contributed by atoms with Gasteiger partial charge in [0.15, 0.2) is 0 Å². The van der Waals surface area contributed by atoms with Gasteiger partial charge in [-0.05, 0) is 32.4 Å². The lowest BCUT2D eigenvalue weighted by Crippen LogP contribution is -2.54. The summed E-state index contributed by atoms with van der Waals surface area (Å²) in [6.45, 7) is 4.58. The van der Waals surface area contributed by atoms with Crippen LogP contribution in [0.15, 0.2) is 0 Å². The zero-order chi connectivity index (χ0) is 11.1. The Bertz CT molecular complexity index is 201. The number of hydrogen-bond acceptors (Lipinski definition) is 3. The van der Waals surface area contributed by atoms with Gasteiger partial charge in [-0.1, -0.05) is 13.3 Å².